The van der Waals surface area contributed by atoms with Crippen molar-refractivity contribution in [2.45, 2.75) is 44.5 Å². The highest BCUT2D eigenvalue weighted by atomic mass is 32.2. The van der Waals surface area contributed by atoms with E-state index in [4.69, 9.17) is 14.5 Å². The van der Waals surface area contributed by atoms with E-state index in [-0.39, 0.29) is 17.9 Å². The van der Waals surface area contributed by atoms with E-state index in [0.717, 1.165) is 12.4 Å². The van der Waals surface area contributed by atoms with Crippen molar-refractivity contribution in [2.24, 2.45) is 0 Å². The van der Waals surface area contributed by atoms with Crippen LogP contribution in [0.25, 0.3) is 10.9 Å². The third-order valence-electron chi connectivity index (χ3n) is 5.10. The summed E-state index contributed by atoms with van der Waals surface area (Å²) in [6.45, 7) is 10.1. The number of hydrogen-bond acceptors (Lipinski definition) is 5. The lowest BCUT2D eigenvalue weighted by Gasteiger charge is -2.40. The number of pyridine rings is 1. The lowest BCUT2D eigenvalue weighted by Crippen LogP contribution is -2.51. The zero-order valence-corrected chi connectivity index (χ0v) is 17.4. The summed E-state index contributed by atoms with van der Waals surface area (Å²) < 4.78 is 41.0. The van der Waals surface area contributed by atoms with Crippen molar-refractivity contribution in [3.8, 4) is 5.75 Å². The van der Waals surface area contributed by atoms with Crippen molar-refractivity contribution in [1.29, 1.82) is 0 Å². The standard InChI is InChI=1S/C20H26FN3O3S/c1-12(23-28(25)20(2,3)4)16-9-14(21)7-13-8-17-19(22-18(13)16)24-5-6-26-10-15(24)11-27-17/h7-9,12,15,23H,5-6,10-11H2,1-4H3/t12-,15+,28-/m1/s1. The Labute approximate surface area is 167 Å². The van der Waals surface area contributed by atoms with E-state index in [1.165, 1.54) is 12.1 Å². The lowest BCUT2D eigenvalue weighted by molar-refractivity contribution is 0.0698. The SMILES string of the molecule is C[C@@H](N[S@](=O)C(C)(C)C)c1cc(F)cc2cc3c(nc12)N1CCOC[C@H]1CO3. The van der Waals surface area contributed by atoms with Crippen LogP contribution in [0.1, 0.15) is 39.3 Å². The fourth-order valence-electron chi connectivity index (χ4n) is 3.55. The molecule has 2 aromatic rings. The molecule has 0 amide bonds. The molecule has 6 nitrogen and oxygen atoms in total. The number of ether oxygens (including phenoxy) is 2. The number of halogens is 1. The number of benzene rings is 1. The normalized spacial score (nSPS) is 21.6. The molecule has 28 heavy (non-hydrogen) atoms. The summed E-state index contributed by atoms with van der Waals surface area (Å²) in [4.78, 5) is 7.08. The van der Waals surface area contributed by atoms with E-state index in [1.807, 2.05) is 33.8 Å². The molecule has 0 bridgehead atoms. The van der Waals surface area contributed by atoms with Gasteiger partial charge in [-0.15, -0.1) is 0 Å². The van der Waals surface area contributed by atoms with E-state index in [9.17, 15) is 8.60 Å². The van der Waals surface area contributed by atoms with Gasteiger partial charge in [-0.2, -0.15) is 0 Å². The van der Waals surface area contributed by atoms with Gasteiger partial charge in [0.15, 0.2) is 11.6 Å². The van der Waals surface area contributed by atoms with Crippen molar-refractivity contribution in [2.75, 3.05) is 31.3 Å². The smallest absolute Gasteiger partial charge is 0.172 e. The fraction of sp³-hybridized carbons (Fsp3) is 0.550. The monoisotopic (exact) mass is 407 g/mol. The number of nitrogens with one attached hydrogen (secondary N) is 1. The lowest BCUT2D eigenvalue weighted by atomic mass is 10.0. The quantitative estimate of drug-likeness (QED) is 0.847. The van der Waals surface area contributed by atoms with E-state index >= 15 is 0 Å². The zero-order chi connectivity index (χ0) is 20.1. The van der Waals surface area contributed by atoms with Crippen molar-refractivity contribution in [3.63, 3.8) is 0 Å². The van der Waals surface area contributed by atoms with Crippen LogP contribution < -0.4 is 14.4 Å². The first-order valence-corrected chi connectivity index (χ1v) is 10.7. The Morgan fingerprint density at radius 2 is 2.11 bits per heavy atom. The summed E-state index contributed by atoms with van der Waals surface area (Å²) in [5, 5.41) is 0.677. The Bertz CT molecular complexity index is 931. The molecule has 8 heteroatoms. The first kappa shape index (κ1) is 19.5. The van der Waals surface area contributed by atoms with Gasteiger partial charge in [-0.25, -0.2) is 18.3 Å². The minimum Gasteiger partial charge on any atom is -0.487 e. The van der Waals surface area contributed by atoms with E-state index in [0.29, 0.717) is 42.0 Å². The molecular weight excluding hydrogens is 381 g/mol. The molecule has 2 aliphatic heterocycles. The molecule has 152 valence electrons. The van der Waals surface area contributed by atoms with Crippen LogP contribution in [0.5, 0.6) is 5.75 Å². The molecule has 3 atom stereocenters. The summed E-state index contributed by atoms with van der Waals surface area (Å²) in [5.41, 5.74) is 1.38. The van der Waals surface area contributed by atoms with E-state index in [1.54, 1.807) is 0 Å². The molecule has 0 unspecified atom stereocenters. The largest absolute Gasteiger partial charge is 0.487 e. The van der Waals surface area contributed by atoms with Gasteiger partial charge in [-0.3, -0.25) is 0 Å². The molecule has 2 aliphatic rings. The maximum absolute atomic E-state index is 14.3. The highest BCUT2D eigenvalue weighted by Crippen LogP contribution is 2.38. The molecule has 4 rings (SSSR count). The topological polar surface area (TPSA) is 63.7 Å². The van der Waals surface area contributed by atoms with Gasteiger partial charge in [0.2, 0.25) is 0 Å². The fourth-order valence-corrected chi connectivity index (χ4v) is 4.35. The van der Waals surface area contributed by atoms with Gasteiger partial charge in [-0.1, -0.05) is 0 Å². The number of hydrogen-bond donors (Lipinski definition) is 1. The Hall–Kier alpha value is -1.77. The van der Waals surface area contributed by atoms with E-state index < -0.39 is 15.7 Å². The van der Waals surface area contributed by atoms with Crippen molar-refractivity contribution in [1.82, 2.24) is 9.71 Å². The second kappa shape index (κ2) is 7.24. The molecule has 1 aromatic heterocycles. The van der Waals surface area contributed by atoms with Gasteiger partial charge in [-0.05, 0) is 51.5 Å². The first-order chi connectivity index (χ1) is 13.2. The molecule has 1 N–H and O–H groups in total. The number of morpholine rings is 1. The molecule has 0 spiro atoms. The predicted molar refractivity (Wildman–Crippen MR) is 109 cm³/mol. The van der Waals surface area contributed by atoms with E-state index in [2.05, 4.69) is 9.62 Å². The minimum atomic E-state index is -1.28. The number of rotatable bonds is 3. The van der Waals surface area contributed by atoms with Crippen molar-refractivity contribution >= 4 is 27.7 Å². The maximum atomic E-state index is 14.3. The summed E-state index contributed by atoms with van der Waals surface area (Å²) in [7, 11) is -1.28. The highest BCUT2D eigenvalue weighted by Gasteiger charge is 2.32. The van der Waals surface area contributed by atoms with Gasteiger partial charge in [0, 0.05) is 18.0 Å². The van der Waals surface area contributed by atoms with Crippen LogP contribution in [0, 0.1) is 5.82 Å². The van der Waals surface area contributed by atoms with Crippen molar-refractivity contribution in [3.05, 3.63) is 29.6 Å². The molecular formula is C20H26FN3O3S. The second-order valence-corrected chi connectivity index (χ2v) is 10.3. The number of fused-ring (bicyclic) bond motifs is 4. The third-order valence-corrected chi connectivity index (χ3v) is 6.78. The molecule has 0 saturated carbocycles. The minimum absolute atomic E-state index is 0.138. The van der Waals surface area contributed by atoms with Crippen molar-refractivity contribution < 1.29 is 18.1 Å². The van der Waals surface area contributed by atoms with Gasteiger partial charge < -0.3 is 14.4 Å². The Morgan fingerprint density at radius 1 is 1.32 bits per heavy atom. The summed E-state index contributed by atoms with van der Waals surface area (Å²) in [6, 6.07) is 4.60. The average molecular weight is 408 g/mol. The molecule has 0 radical (unpaired) electrons. The molecule has 1 aromatic carbocycles. The van der Waals surface area contributed by atoms with Gasteiger partial charge in [0.1, 0.15) is 12.4 Å². The maximum Gasteiger partial charge on any atom is 0.172 e. The van der Waals surface area contributed by atoms with Crippen LogP contribution in [0.4, 0.5) is 10.2 Å². The second-order valence-electron chi connectivity index (χ2n) is 8.33. The highest BCUT2D eigenvalue weighted by molar-refractivity contribution is 7.84. The van der Waals surface area contributed by atoms with Crippen LogP contribution in [-0.2, 0) is 15.7 Å². The van der Waals surface area contributed by atoms with Gasteiger partial charge in [0.25, 0.3) is 0 Å². The Balaban J connectivity index is 1.78. The summed E-state index contributed by atoms with van der Waals surface area (Å²) in [6.07, 6.45) is 0. The molecule has 3 heterocycles. The number of nitrogens with zero attached hydrogens (tertiary/aromatic N) is 2. The van der Waals surface area contributed by atoms with Gasteiger partial charge in [0.05, 0.1) is 40.5 Å². The predicted octanol–water partition coefficient (Wildman–Crippen LogP) is 3.08. The first-order valence-electron chi connectivity index (χ1n) is 9.53. The third kappa shape index (κ3) is 3.60. The zero-order valence-electron chi connectivity index (χ0n) is 16.6. The molecule has 0 aliphatic carbocycles. The van der Waals surface area contributed by atoms with Crippen LogP contribution in [-0.4, -0.2) is 46.3 Å². The summed E-state index contributed by atoms with van der Waals surface area (Å²) in [5.74, 6) is 1.09. The van der Waals surface area contributed by atoms with Crippen LogP contribution in [0.15, 0.2) is 18.2 Å². The molecule has 1 fully saturated rings. The molecule has 1 saturated heterocycles. The van der Waals surface area contributed by atoms with Crippen LogP contribution in [0.3, 0.4) is 0 Å². The van der Waals surface area contributed by atoms with Crippen LogP contribution >= 0.6 is 0 Å². The number of aromatic nitrogens is 1. The Morgan fingerprint density at radius 3 is 2.86 bits per heavy atom. The number of anilines is 1. The average Bonchev–Trinajstić information content (AvgIpc) is 2.65. The Kier molecular flexibility index (Phi) is 5.05. The van der Waals surface area contributed by atoms with Gasteiger partial charge >= 0.3 is 0 Å². The van der Waals surface area contributed by atoms with Crippen LogP contribution in [0.2, 0.25) is 0 Å². The summed E-state index contributed by atoms with van der Waals surface area (Å²) >= 11 is 0.